The predicted octanol–water partition coefficient (Wildman–Crippen LogP) is 5.75. The van der Waals surface area contributed by atoms with Crippen LogP contribution in [0, 0.1) is 0 Å². The number of ketones is 1. The van der Waals surface area contributed by atoms with Crippen molar-refractivity contribution in [1.82, 2.24) is 9.55 Å². The minimum atomic E-state index is -1.02. The molecule has 0 saturated heterocycles. The highest BCUT2D eigenvalue weighted by Gasteiger charge is 2.19. The van der Waals surface area contributed by atoms with Gasteiger partial charge in [-0.3, -0.25) is 4.79 Å². The molecule has 3 aromatic carbocycles. The standard InChI is InChI=1S/C30H28N2O5/c1-21(30(34)35)37-26-16-8-11-22(18-26)10-6-7-17-32-20-27(23-12-4-3-5-13-23)31-29(32)28(33)24-14-9-15-25(19-24)36-2/h3-6,8-16,18-21H,7,17H2,1-2H3,(H,34,35)/b10-6+/t21-/m0/s1. The maximum Gasteiger partial charge on any atom is 0.344 e. The van der Waals surface area contributed by atoms with Crippen LogP contribution in [0.5, 0.6) is 11.5 Å². The molecule has 188 valence electrons. The minimum Gasteiger partial charge on any atom is -0.497 e. The molecule has 37 heavy (non-hydrogen) atoms. The Morgan fingerprint density at radius 3 is 2.51 bits per heavy atom. The SMILES string of the molecule is COc1cccc(C(=O)c2nc(-c3ccccc3)cn2CC/C=C/c2cccc(O[C@@H](C)C(=O)O)c2)c1. The Balaban J connectivity index is 1.53. The molecule has 0 aliphatic heterocycles. The molecule has 1 heterocycles. The first kappa shape index (κ1) is 25.4. The van der Waals surface area contributed by atoms with Crippen molar-refractivity contribution in [1.29, 1.82) is 0 Å². The number of carboxylic acids is 1. The van der Waals surface area contributed by atoms with Gasteiger partial charge in [0.2, 0.25) is 5.78 Å². The van der Waals surface area contributed by atoms with Crippen molar-refractivity contribution >= 4 is 17.8 Å². The average molecular weight is 497 g/mol. The van der Waals surface area contributed by atoms with Crippen LogP contribution in [-0.2, 0) is 11.3 Å². The molecule has 7 nitrogen and oxygen atoms in total. The Morgan fingerprint density at radius 2 is 1.76 bits per heavy atom. The fourth-order valence-electron chi connectivity index (χ4n) is 3.79. The van der Waals surface area contributed by atoms with Crippen molar-refractivity contribution in [2.24, 2.45) is 0 Å². The molecule has 0 spiro atoms. The van der Waals surface area contributed by atoms with Gasteiger partial charge < -0.3 is 19.1 Å². The van der Waals surface area contributed by atoms with Gasteiger partial charge in [0.1, 0.15) is 11.5 Å². The van der Waals surface area contributed by atoms with Crippen molar-refractivity contribution in [3.63, 3.8) is 0 Å². The predicted molar refractivity (Wildman–Crippen MR) is 142 cm³/mol. The van der Waals surface area contributed by atoms with Gasteiger partial charge in [0.05, 0.1) is 12.8 Å². The van der Waals surface area contributed by atoms with Crippen molar-refractivity contribution in [2.75, 3.05) is 7.11 Å². The second-order valence-electron chi connectivity index (χ2n) is 8.43. The number of hydrogen-bond donors (Lipinski definition) is 1. The minimum absolute atomic E-state index is 0.178. The second-order valence-corrected chi connectivity index (χ2v) is 8.43. The maximum absolute atomic E-state index is 13.4. The van der Waals surface area contributed by atoms with E-state index in [0.29, 0.717) is 35.9 Å². The average Bonchev–Trinajstić information content (AvgIpc) is 3.35. The van der Waals surface area contributed by atoms with Gasteiger partial charge in [-0.2, -0.15) is 0 Å². The zero-order chi connectivity index (χ0) is 26.2. The summed E-state index contributed by atoms with van der Waals surface area (Å²) in [6, 6.07) is 24.0. The summed E-state index contributed by atoms with van der Waals surface area (Å²) in [7, 11) is 1.57. The highest BCUT2D eigenvalue weighted by atomic mass is 16.5. The Hall–Kier alpha value is -4.65. The third-order valence-corrected chi connectivity index (χ3v) is 5.75. The molecule has 0 saturated carbocycles. The van der Waals surface area contributed by atoms with E-state index in [9.17, 15) is 9.59 Å². The van der Waals surface area contributed by atoms with Crippen LogP contribution >= 0.6 is 0 Å². The van der Waals surface area contributed by atoms with E-state index in [2.05, 4.69) is 4.98 Å². The van der Waals surface area contributed by atoms with E-state index in [4.69, 9.17) is 14.6 Å². The normalized spacial score (nSPS) is 11.8. The van der Waals surface area contributed by atoms with Crippen LogP contribution in [0.1, 0.15) is 35.1 Å². The van der Waals surface area contributed by atoms with Crippen LogP contribution in [0.2, 0.25) is 0 Å². The van der Waals surface area contributed by atoms with Crippen molar-refractivity contribution in [2.45, 2.75) is 26.0 Å². The number of carbonyl (C=O) groups excluding carboxylic acids is 1. The zero-order valence-electron chi connectivity index (χ0n) is 20.7. The lowest BCUT2D eigenvalue weighted by Crippen LogP contribution is -2.22. The fourth-order valence-corrected chi connectivity index (χ4v) is 3.79. The summed E-state index contributed by atoms with van der Waals surface area (Å²) in [6.45, 7) is 2.04. The van der Waals surface area contributed by atoms with E-state index < -0.39 is 12.1 Å². The van der Waals surface area contributed by atoms with Crippen LogP contribution in [-0.4, -0.2) is 39.6 Å². The molecule has 1 aromatic heterocycles. The number of ether oxygens (including phenoxy) is 2. The topological polar surface area (TPSA) is 90.6 Å². The summed E-state index contributed by atoms with van der Waals surface area (Å²) in [5.41, 5.74) is 3.06. The van der Waals surface area contributed by atoms with Crippen LogP contribution in [0.4, 0.5) is 0 Å². The number of aromatic nitrogens is 2. The number of benzene rings is 3. The van der Waals surface area contributed by atoms with Gasteiger partial charge in [0.25, 0.3) is 0 Å². The molecule has 0 amide bonds. The highest BCUT2D eigenvalue weighted by molar-refractivity contribution is 6.07. The molecule has 0 bridgehead atoms. The quantitative estimate of drug-likeness (QED) is 0.266. The van der Waals surface area contributed by atoms with Gasteiger partial charge in [0, 0.05) is 23.9 Å². The summed E-state index contributed by atoms with van der Waals surface area (Å²) in [4.78, 5) is 29.1. The maximum atomic E-state index is 13.4. The largest absolute Gasteiger partial charge is 0.497 e. The van der Waals surface area contributed by atoms with Crippen LogP contribution in [0.3, 0.4) is 0 Å². The Bertz CT molecular complexity index is 1410. The van der Waals surface area contributed by atoms with E-state index >= 15 is 0 Å². The number of aliphatic carboxylic acids is 1. The monoisotopic (exact) mass is 496 g/mol. The molecule has 0 radical (unpaired) electrons. The molecule has 4 rings (SSSR count). The summed E-state index contributed by atoms with van der Waals surface area (Å²) >= 11 is 0. The number of imidazole rings is 1. The number of carboxylic acid groups (broad SMARTS) is 1. The van der Waals surface area contributed by atoms with Gasteiger partial charge in [-0.25, -0.2) is 9.78 Å². The Labute approximate surface area is 215 Å². The number of nitrogens with zero attached hydrogens (tertiary/aromatic N) is 2. The zero-order valence-corrected chi connectivity index (χ0v) is 20.7. The summed E-state index contributed by atoms with van der Waals surface area (Å²) in [5, 5.41) is 9.05. The van der Waals surface area contributed by atoms with E-state index in [-0.39, 0.29) is 5.78 Å². The third kappa shape index (κ3) is 6.52. The Kier molecular flexibility index (Phi) is 8.15. The number of allylic oxidation sites excluding steroid dienone is 1. The number of aryl methyl sites for hydroxylation is 1. The lowest BCUT2D eigenvalue weighted by molar-refractivity contribution is -0.144. The molecular formula is C30H28N2O5. The van der Waals surface area contributed by atoms with E-state index in [1.807, 2.05) is 65.4 Å². The summed E-state index contributed by atoms with van der Waals surface area (Å²) in [6.07, 6.45) is 5.57. The Morgan fingerprint density at radius 1 is 1.00 bits per heavy atom. The van der Waals surface area contributed by atoms with Crippen LogP contribution in [0.15, 0.2) is 91.1 Å². The van der Waals surface area contributed by atoms with E-state index in [0.717, 1.165) is 16.8 Å². The molecule has 0 fully saturated rings. The number of methoxy groups -OCH3 is 1. The van der Waals surface area contributed by atoms with Crippen molar-refractivity contribution in [3.05, 3.63) is 108 Å². The van der Waals surface area contributed by atoms with Gasteiger partial charge in [-0.15, -0.1) is 0 Å². The van der Waals surface area contributed by atoms with Crippen LogP contribution in [0.25, 0.3) is 17.3 Å². The van der Waals surface area contributed by atoms with Crippen molar-refractivity contribution in [3.8, 4) is 22.8 Å². The summed E-state index contributed by atoms with van der Waals surface area (Å²) < 4.78 is 12.6. The lowest BCUT2D eigenvalue weighted by atomic mass is 10.1. The molecular weight excluding hydrogens is 468 g/mol. The van der Waals surface area contributed by atoms with E-state index in [1.54, 1.807) is 43.5 Å². The fraction of sp³-hybridized carbons (Fsp3) is 0.167. The smallest absolute Gasteiger partial charge is 0.344 e. The number of carbonyl (C=O) groups is 2. The van der Waals surface area contributed by atoms with E-state index in [1.165, 1.54) is 6.92 Å². The third-order valence-electron chi connectivity index (χ3n) is 5.75. The second kappa shape index (κ2) is 11.9. The first-order valence-electron chi connectivity index (χ1n) is 11.9. The lowest BCUT2D eigenvalue weighted by Gasteiger charge is -2.10. The summed E-state index contributed by atoms with van der Waals surface area (Å²) in [5.74, 6) is 0.265. The van der Waals surface area contributed by atoms with Gasteiger partial charge in [0.15, 0.2) is 11.9 Å². The molecule has 0 aliphatic carbocycles. The first-order chi connectivity index (χ1) is 17.9. The highest BCUT2D eigenvalue weighted by Crippen LogP contribution is 2.22. The molecule has 1 atom stereocenters. The first-order valence-corrected chi connectivity index (χ1v) is 11.9. The van der Waals surface area contributed by atoms with Crippen molar-refractivity contribution < 1.29 is 24.2 Å². The molecule has 0 aliphatic rings. The number of rotatable bonds is 11. The van der Waals surface area contributed by atoms with Gasteiger partial charge >= 0.3 is 5.97 Å². The number of hydrogen-bond acceptors (Lipinski definition) is 5. The van der Waals surface area contributed by atoms with Crippen LogP contribution < -0.4 is 9.47 Å². The van der Waals surface area contributed by atoms with Gasteiger partial charge in [-0.05, 0) is 43.2 Å². The molecule has 4 aromatic rings. The van der Waals surface area contributed by atoms with Gasteiger partial charge in [-0.1, -0.05) is 66.7 Å². The molecule has 1 N–H and O–H groups in total. The molecule has 0 unspecified atom stereocenters. The molecule has 7 heteroatoms.